The van der Waals surface area contributed by atoms with Gasteiger partial charge in [0.25, 0.3) is 0 Å². The molecule has 0 amide bonds. The average molecular weight is 419 g/mol. The van der Waals surface area contributed by atoms with Crippen LogP contribution >= 0.6 is 7.82 Å². The normalized spacial score (nSPS) is 14.8. The summed E-state index contributed by atoms with van der Waals surface area (Å²) in [5, 5.41) is 0. The lowest BCUT2D eigenvalue weighted by atomic mass is 10.4. The Morgan fingerprint density at radius 2 is 1.96 bits per heavy atom. The lowest BCUT2D eigenvalue weighted by Gasteiger charge is -2.16. The van der Waals surface area contributed by atoms with Crippen molar-refractivity contribution in [1.29, 1.82) is 0 Å². The van der Waals surface area contributed by atoms with Crippen molar-refractivity contribution in [2.75, 3.05) is 19.3 Å². The molecule has 156 valence electrons. The lowest BCUT2D eigenvalue weighted by molar-refractivity contribution is -0.0618. The molecule has 0 radical (unpaired) electrons. The smallest absolute Gasteiger partial charge is 0.432 e. The van der Waals surface area contributed by atoms with Gasteiger partial charge < -0.3 is 29.4 Å². The molecular formula is C14H22N5O8P. The Labute approximate surface area is 160 Å². The molecule has 0 aliphatic heterocycles. The molecule has 0 aromatic carbocycles. The molecule has 13 nitrogen and oxygen atoms in total. The number of nitrogen functional groups attached to an aromatic ring is 1. The highest BCUT2D eigenvalue weighted by Gasteiger charge is 2.23. The van der Waals surface area contributed by atoms with Crippen LogP contribution in [0.1, 0.15) is 20.8 Å². The van der Waals surface area contributed by atoms with E-state index in [1.165, 1.54) is 12.7 Å². The quantitative estimate of drug-likeness (QED) is 0.323. The molecule has 2 aromatic rings. The van der Waals surface area contributed by atoms with Crippen molar-refractivity contribution >= 4 is 31.0 Å². The fourth-order valence-corrected chi connectivity index (χ4v) is 2.43. The van der Waals surface area contributed by atoms with Gasteiger partial charge in [-0.2, -0.15) is 0 Å². The summed E-state index contributed by atoms with van der Waals surface area (Å²) in [4.78, 5) is 32.7. The number of aromatic nitrogens is 4. The van der Waals surface area contributed by atoms with Crippen LogP contribution < -0.4 is 5.73 Å². The molecule has 0 aliphatic rings. The number of imidazole rings is 1. The van der Waals surface area contributed by atoms with Gasteiger partial charge in [0.1, 0.15) is 11.8 Å². The fourth-order valence-electron chi connectivity index (χ4n) is 1.98. The summed E-state index contributed by atoms with van der Waals surface area (Å²) in [7, 11) is -4.47. The van der Waals surface area contributed by atoms with Gasteiger partial charge in [-0.25, -0.2) is 28.8 Å². The van der Waals surface area contributed by atoms with Crippen molar-refractivity contribution in [3.05, 3.63) is 12.7 Å². The number of phosphoric ester groups is 1. The predicted octanol–water partition coefficient (Wildman–Crippen LogP) is 1.42. The van der Waals surface area contributed by atoms with Crippen LogP contribution in [0.25, 0.3) is 11.2 Å². The van der Waals surface area contributed by atoms with Crippen LogP contribution in [0.2, 0.25) is 0 Å². The summed E-state index contributed by atoms with van der Waals surface area (Å²) in [5.41, 5.74) is 6.72. The van der Waals surface area contributed by atoms with Crippen LogP contribution in [0, 0.1) is 0 Å². The highest BCUT2D eigenvalue weighted by atomic mass is 31.2. The first-order chi connectivity index (χ1) is 13.2. The highest BCUT2D eigenvalue weighted by Crippen LogP contribution is 2.43. The molecule has 0 fully saturated rings. The van der Waals surface area contributed by atoms with Gasteiger partial charge in [0, 0.05) is 0 Å². The Morgan fingerprint density at radius 1 is 1.25 bits per heavy atom. The number of carbonyl (C=O) groups excluding carboxylic acids is 1. The molecule has 2 heterocycles. The van der Waals surface area contributed by atoms with Gasteiger partial charge in [-0.05, 0) is 20.8 Å². The molecule has 0 aliphatic carbocycles. The number of rotatable bonds is 10. The minimum atomic E-state index is -4.47. The molecule has 28 heavy (non-hydrogen) atoms. The Kier molecular flexibility index (Phi) is 7.66. The van der Waals surface area contributed by atoms with Crippen LogP contribution in [0.5, 0.6) is 0 Å². The third-order valence-electron chi connectivity index (χ3n) is 3.18. The average Bonchev–Trinajstić information content (AvgIpc) is 2.98. The van der Waals surface area contributed by atoms with Crippen LogP contribution in [-0.2, 0) is 34.4 Å². The van der Waals surface area contributed by atoms with E-state index < -0.39 is 39.8 Å². The van der Waals surface area contributed by atoms with Crippen molar-refractivity contribution in [3.63, 3.8) is 0 Å². The minimum absolute atomic E-state index is 0.263. The summed E-state index contributed by atoms with van der Waals surface area (Å²) in [6, 6.07) is 0. The maximum Gasteiger partial charge on any atom is 0.510 e. The van der Waals surface area contributed by atoms with Crippen LogP contribution in [0.4, 0.5) is 10.6 Å². The molecule has 2 rings (SSSR count). The van der Waals surface area contributed by atoms with Gasteiger partial charge in [0.15, 0.2) is 18.3 Å². The number of fused-ring (bicyclic) bond motifs is 1. The highest BCUT2D eigenvalue weighted by molar-refractivity contribution is 7.47. The van der Waals surface area contributed by atoms with E-state index in [1.807, 2.05) is 0 Å². The van der Waals surface area contributed by atoms with E-state index in [-0.39, 0.29) is 5.82 Å². The third kappa shape index (κ3) is 6.69. The Hall–Kier alpha value is -2.31. The summed E-state index contributed by atoms with van der Waals surface area (Å²) in [6.07, 6.45) is 1.00. The molecule has 14 heteroatoms. The zero-order chi connectivity index (χ0) is 20.7. The topological polar surface area (TPSA) is 170 Å². The summed E-state index contributed by atoms with van der Waals surface area (Å²) < 4.78 is 37.0. The fraction of sp³-hybridized carbons (Fsp3) is 0.571. The van der Waals surface area contributed by atoms with Gasteiger partial charge >= 0.3 is 14.0 Å². The standard InChI is InChI=1S/C14H22N5O8P/c1-9(2)27-14(20)24-8-26-28(21,22)25-7-23-10(3)4-19-6-18-11-12(15)16-5-17-13(11)19/h5-6,9-10H,4,7-8H2,1-3H3,(H,21,22)(H2,15,16,17). The number of nitrogens with two attached hydrogens (primary N) is 1. The van der Waals surface area contributed by atoms with Crippen LogP contribution in [0.3, 0.4) is 0 Å². The number of nitrogens with zero attached hydrogens (tertiary/aromatic N) is 4. The van der Waals surface area contributed by atoms with E-state index in [1.54, 1.807) is 25.3 Å². The van der Waals surface area contributed by atoms with E-state index in [2.05, 4.69) is 33.5 Å². The van der Waals surface area contributed by atoms with Crippen LogP contribution in [0.15, 0.2) is 12.7 Å². The molecule has 3 N–H and O–H groups in total. The van der Waals surface area contributed by atoms with Crippen molar-refractivity contribution < 1.29 is 37.5 Å². The maximum atomic E-state index is 11.7. The van der Waals surface area contributed by atoms with Gasteiger partial charge in [0.2, 0.25) is 6.79 Å². The number of phosphoric acid groups is 1. The SMILES string of the molecule is CC(C)OC(=O)OCOP(=O)(O)OCOC(C)Cn1cnc2c(N)ncnc21. The van der Waals surface area contributed by atoms with E-state index >= 15 is 0 Å². The van der Waals surface area contributed by atoms with Crippen molar-refractivity contribution in [2.24, 2.45) is 0 Å². The van der Waals surface area contributed by atoms with E-state index in [0.29, 0.717) is 17.7 Å². The van der Waals surface area contributed by atoms with Gasteiger partial charge in [-0.15, -0.1) is 0 Å². The van der Waals surface area contributed by atoms with Crippen molar-refractivity contribution in [1.82, 2.24) is 19.5 Å². The molecular weight excluding hydrogens is 397 g/mol. The van der Waals surface area contributed by atoms with Gasteiger partial charge in [0.05, 0.1) is 25.1 Å². The van der Waals surface area contributed by atoms with E-state index in [4.69, 9.17) is 10.5 Å². The third-order valence-corrected chi connectivity index (χ3v) is 4.04. The number of carbonyl (C=O) groups is 1. The second kappa shape index (κ2) is 9.75. The zero-order valence-corrected chi connectivity index (χ0v) is 16.4. The largest absolute Gasteiger partial charge is 0.510 e. The molecule has 0 saturated carbocycles. The monoisotopic (exact) mass is 419 g/mol. The van der Waals surface area contributed by atoms with E-state index in [9.17, 15) is 14.3 Å². The van der Waals surface area contributed by atoms with Gasteiger partial charge in [-0.3, -0.25) is 4.52 Å². The Morgan fingerprint density at radius 3 is 2.68 bits per heavy atom. The van der Waals surface area contributed by atoms with Crippen LogP contribution in [-0.4, -0.2) is 56.4 Å². The summed E-state index contributed by atoms with van der Waals surface area (Å²) in [6.45, 7) is 3.95. The Bertz CT molecular complexity index is 844. The Balaban J connectivity index is 1.73. The first kappa shape index (κ1) is 22.0. The number of hydrogen-bond donors (Lipinski definition) is 2. The molecule has 2 aromatic heterocycles. The van der Waals surface area contributed by atoms with Gasteiger partial charge in [-0.1, -0.05) is 0 Å². The summed E-state index contributed by atoms with van der Waals surface area (Å²) in [5.74, 6) is 0.263. The first-order valence-electron chi connectivity index (χ1n) is 8.16. The molecule has 0 spiro atoms. The summed E-state index contributed by atoms with van der Waals surface area (Å²) >= 11 is 0. The van der Waals surface area contributed by atoms with Crippen molar-refractivity contribution in [3.8, 4) is 0 Å². The molecule has 2 unspecified atom stereocenters. The maximum absolute atomic E-state index is 11.7. The molecule has 0 bridgehead atoms. The molecule has 2 atom stereocenters. The number of hydrogen-bond acceptors (Lipinski definition) is 11. The second-order valence-electron chi connectivity index (χ2n) is 5.83. The van der Waals surface area contributed by atoms with E-state index in [0.717, 1.165) is 0 Å². The second-order valence-corrected chi connectivity index (χ2v) is 7.28. The lowest BCUT2D eigenvalue weighted by Crippen LogP contribution is -2.18. The predicted molar refractivity (Wildman–Crippen MR) is 94.7 cm³/mol. The number of anilines is 1. The first-order valence-corrected chi connectivity index (χ1v) is 9.65. The van der Waals surface area contributed by atoms with Crippen molar-refractivity contribution in [2.45, 2.75) is 39.5 Å². The molecule has 0 saturated heterocycles. The zero-order valence-electron chi connectivity index (χ0n) is 15.5. The minimum Gasteiger partial charge on any atom is -0.432 e. The number of ether oxygens (including phenoxy) is 3.